The Bertz CT molecular complexity index is 476. The van der Waals surface area contributed by atoms with E-state index in [-0.39, 0.29) is 0 Å². The van der Waals surface area contributed by atoms with Crippen molar-refractivity contribution in [3.05, 3.63) is 84.1 Å². The molecular formula is C18H22. The van der Waals surface area contributed by atoms with Crippen molar-refractivity contribution in [3.63, 3.8) is 0 Å². The molecule has 0 spiro atoms. The van der Waals surface area contributed by atoms with Crippen LogP contribution in [0.3, 0.4) is 0 Å². The summed E-state index contributed by atoms with van der Waals surface area (Å²) in [5, 5.41) is 0. The molecule has 0 nitrogen and oxygen atoms in total. The molecule has 0 bridgehead atoms. The zero-order valence-electron chi connectivity index (χ0n) is 11.5. The van der Waals surface area contributed by atoms with Gasteiger partial charge in [0.15, 0.2) is 0 Å². The van der Waals surface area contributed by atoms with Crippen molar-refractivity contribution in [1.29, 1.82) is 0 Å². The summed E-state index contributed by atoms with van der Waals surface area (Å²) >= 11 is 0. The van der Waals surface area contributed by atoms with E-state index in [1.165, 1.54) is 16.7 Å². The summed E-state index contributed by atoms with van der Waals surface area (Å²) in [4.78, 5) is 0. The Morgan fingerprint density at radius 1 is 1.28 bits per heavy atom. The lowest BCUT2D eigenvalue weighted by Gasteiger charge is -2.15. The van der Waals surface area contributed by atoms with Crippen LogP contribution in [0.1, 0.15) is 26.7 Å². The second-order valence-corrected chi connectivity index (χ2v) is 4.57. The minimum atomic E-state index is 1.06. The summed E-state index contributed by atoms with van der Waals surface area (Å²) in [5.41, 5.74) is 6.08. The quantitative estimate of drug-likeness (QED) is 0.558. The molecule has 0 unspecified atom stereocenters. The Labute approximate surface area is 111 Å². The lowest BCUT2D eigenvalue weighted by Crippen LogP contribution is -1.95. The molecule has 0 heterocycles. The predicted molar refractivity (Wildman–Crippen MR) is 82.4 cm³/mol. The molecule has 0 atom stereocenters. The normalized spacial score (nSPS) is 16.8. The van der Waals surface area contributed by atoms with E-state index in [0.717, 1.165) is 24.0 Å². The number of allylic oxidation sites excluding steroid dienone is 11. The lowest BCUT2D eigenvalue weighted by atomic mass is 9.90. The van der Waals surface area contributed by atoms with Gasteiger partial charge in [0.2, 0.25) is 0 Å². The molecule has 0 saturated carbocycles. The van der Waals surface area contributed by atoms with Gasteiger partial charge in [-0.05, 0) is 49.0 Å². The largest absolute Gasteiger partial charge is 0.0991 e. The van der Waals surface area contributed by atoms with E-state index in [9.17, 15) is 0 Å². The molecule has 0 saturated heterocycles. The molecule has 0 aromatic rings. The molecule has 1 rings (SSSR count). The van der Waals surface area contributed by atoms with Crippen molar-refractivity contribution in [1.82, 2.24) is 0 Å². The smallest absolute Gasteiger partial charge is 0.0238 e. The monoisotopic (exact) mass is 238 g/mol. The summed E-state index contributed by atoms with van der Waals surface area (Å²) in [5.74, 6) is 0. The first-order valence-electron chi connectivity index (χ1n) is 6.29. The van der Waals surface area contributed by atoms with E-state index in [1.54, 1.807) is 0 Å². The molecule has 18 heavy (non-hydrogen) atoms. The van der Waals surface area contributed by atoms with Gasteiger partial charge < -0.3 is 0 Å². The molecule has 0 aromatic heterocycles. The third-order valence-corrected chi connectivity index (χ3v) is 3.07. The Morgan fingerprint density at radius 2 is 2.00 bits per heavy atom. The van der Waals surface area contributed by atoms with Crippen LogP contribution in [0.25, 0.3) is 0 Å². The van der Waals surface area contributed by atoms with Gasteiger partial charge in [0.1, 0.15) is 0 Å². The third-order valence-electron chi connectivity index (χ3n) is 3.07. The lowest BCUT2D eigenvalue weighted by molar-refractivity contribution is 0.963. The summed E-state index contributed by atoms with van der Waals surface area (Å²) < 4.78 is 0. The summed E-state index contributed by atoms with van der Waals surface area (Å²) in [6, 6.07) is 0. The minimum Gasteiger partial charge on any atom is -0.0991 e. The van der Waals surface area contributed by atoms with Gasteiger partial charge in [-0.1, -0.05) is 61.8 Å². The van der Waals surface area contributed by atoms with E-state index >= 15 is 0 Å². The van der Waals surface area contributed by atoms with E-state index in [1.807, 2.05) is 25.2 Å². The maximum atomic E-state index is 4.15. The number of rotatable bonds is 5. The van der Waals surface area contributed by atoms with Crippen LogP contribution in [0.5, 0.6) is 0 Å². The summed E-state index contributed by atoms with van der Waals surface area (Å²) in [6.45, 7) is 15.8. The van der Waals surface area contributed by atoms with Crippen molar-refractivity contribution >= 4 is 0 Å². The van der Waals surface area contributed by atoms with Crippen LogP contribution in [-0.2, 0) is 0 Å². The van der Waals surface area contributed by atoms with E-state index in [0.29, 0.717) is 0 Å². The molecule has 0 aliphatic heterocycles. The Morgan fingerprint density at radius 3 is 2.61 bits per heavy atom. The fourth-order valence-electron chi connectivity index (χ4n) is 1.93. The molecule has 0 amide bonds. The molecule has 0 heteroatoms. The Balaban J connectivity index is 2.95. The summed E-state index contributed by atoms with van der Waals surface area (Å²) in [6.07, 6.45) is 14.5. The van der Waals surface area contributed by atoms with E-state index in [2.05, 4.69) is 44.9 Å². The molecule has 0 radical (unpaired) electrons. The fourth-order valence-corrected chi connectivity index (χ4v) is 1.93. The van der Waals surface area contributed by atoms with Crippen molar-refractivity contribution < 1.29 is 0 Å². The first-order chi connectivity index (χ1) is 8.58. The molecule has 1 aliphatic carbocycles. The van der Waals surface area contributed by atoms with Gasteiger partial charge in [0.05, 0.1) is 0 Å². The maximum absolute atomic E-state index is 4.15. The van der Waals surface area contributed by atoms with E-state index in [4.69, 9.17) is 0 Å². The highest BCUT2D eigenvalue weighted by atomic mass is 14.1. The third kappa shape index (κ3) is 3.89. The zero-order valence-corrected chi connectivity index (χ0v) is 11.5. The van der Waals surface area contributed by atoms with Crippen LogP contribution in [0.15, 0.2) is 84.1 Å². The first-order valence-corrected chi connectivity index (χ1v) is 6.29. The van der Waals surface area contributed by atoms with E-state index < -0.39 is 0 Å². The van der Waals surface area contributed by atoms with Gasteiger partial charge in [0.25, 0.3) is 0 Å². The highest BCUT2D eigenvalue weighted by Gasteiger charge is 2.08. The van der Waals surface area contributed by atoms with Gasteiger partial charge in [-0.15, -0.1) is 0 Å². The first kappa shape index (κ1) is 14.2. The van der Waals surface area contributed by atoms with Crippen LogP contribution in [-0.4, -0.2) is 0 Å². The van der Waals surface area contributed by atoms with Gasteiger partial charge >= 0.3 is 0 Å². The molecule has 0 fully saturated rings. The second-order valence-electron chi connectivity index (χ2n) is 4.57. The van der Waals surface area contributed by atoms with Gasteiger partial charge in [-0.2, -0.15) is 0 Å². The minimum absolute atomic E-state index is 1.06. The van der Waals surface area contributed by atoms with Crippen LogP contribution < -0.4 is 0 Å². The van der Waals surface area contributed by atoms with Gasteiger partial charge in [0, 0.05) is 0 Å². The molecule has 94 valence electrons. The SMILES string of the molecule is C=C/C=C(\C)C1=CCCC(C(=C)/C=C(/C)C=C)=C1. The van der Waals surface area contributed by atoms with Crippen molar-refractivity contribution in [3.8, 4) is 0 Å². The Kier molecular flexibility index (Phi) is 5.38. The van der Waals surface area contributed by atoms with Gasteiger partial charge in [-0.3, -0.25) is 0 Å². The number of hydrogen-bond acceptors (Lipinski definition) is 0. The standard InChI is InChI=1S/C18H22/c1-6-9-15(4)17-10-8-11-18(13-17)16(5)12-14(3)7-2/h6-7,9-10,12-13H,1-2,5,8,11H2,3-4H3/b14-12-,15-9+. The summed E-state index contributed by atoms with van der Waals surface area (Å²) in [7, 11) is 0. The van der Waals surface area contributed by atoms with Crippen LogP contribution in [0.4, 0.5) is 0 Å². The highest BCUT2D eigenvalue weighted by Crippen LogP contribution is 2.27. The predicted octanol–water partition coefficient (Wildman–Crippen LogP) is 5.45. The van der Waals surface area contributed by atoms with Crippen molar-refractivity contribution in [2.24, 2.45) is 0 Å². The average Bonchev–Trinajstić information content (AvgIpc) is 2.39. The number of hydrogen-bond donors (Lipinski definition) is 0. The molecule has 0 N–H and O–H groups in total. The average molecular weight is 238 g/mol. The van der Waals surface area contributed by atoms with Crippen molar-refractivity contribution in [2.45, 2.75) is 26.7 Å². The fraction of sp³-hybridized carbons (Fsp3) is 0.222. The topological polar surface area (TPSA) is 0 Å². The zero-order chi connectivity index (χ0) is 13.5. The van der Waals surface area contributed by atoms with Crippen LogP contribution in [0, 0.1) is 0 Å². The van der Waals surface area contributed by atoms with Gasteiger partial charge in [-0.25, -0.2) is 0 Å². The Hall–Kier alpha value is -1.82. The maximum Gasteiger partial charge on any atom is -0.0238 e. The molecular weight excluding hydrogens is 216 g/mol. The van der Waals surface area contributed by atoms with Crippen LogP contribution in [0.2, 0.25) is 0 Å². The van der Waals surface area contributed by atoms with Crippen molar-refractivity contribution in [2.75, 3.05) is 0 Å². The molecule has 1 aliphatic rings. The van der Waals surface area contributed by atoms with Crippen LogP contribution >= 0.6 is 0 Å². The molecule has 0 aromatic carbocycles. The second kappa shape index (κ2) is 6.80. The highest BCUT2D eigenvalue weighted by molar-refractivity contribution is 5.51.